The fourth-order valence-corrected chi connectivity index (χ4v) is 4.47. The predicted octanol–water partition coefficient (Wildman–Crippen LogP) is 4.42. The number of carboxylic acids is 1. The van der Waals surface area contributed by atoms with Gasteiger partial charge in [0.05, 0.1) is 24.8 Å². The minimum Gasteiger partial charge on any atom is -0.493 e. The first kappa shape index (κ1) is 24.4. The molecule has 0 saturated heterocycles. The van der Waals surface area contributed by atoms with Crippen molar-refractivity contribution in [2.24, 2.45) is 0 Å². The van der Waals surface area contributed by atoms with Crippen molar-refractivity contribution < 1.29 is 33.8 Å². The molecule has 0 aliphatic carbocycles. The summed E-state index contributed by atoms with van der Waals surface area (Å²) in [5, 5.41) is 14.9. The second kappa shape index (κ2) is 10.3. The number of ketones is 1. The Balaban J connectivity index is 1.69. The molecule has 0 atom stereocenters. The summed E-state index contributed by atoms with van der Waals surface area (Å²) >= 11 is 1.33. The highest BCUT2D eigenvalue weighted by Gasteiger charge is 2.21. The third kappa shape index (κ3) is 5.03. The van der Waals surface area contributed by atoms with Crippen LogP contribution in [0.5, 0.6) is 11.5 Å². The first-order valence-electron chi connectivity index (χ1n) is 10.6. The smallest absolute Gasteiger partial charge is 0.394 e. The molecule has 9 nitrogen and oxygen atoms in total. The molecule has 0 unspecified atom stereocenters. The van der Waals surface area contributed by atoms with Gasteiger partial charge in [-0.05, 0) is 53.9 Å². The summed E-state index contributed by atoms with van der Waals surface area (Å²) in [5.41, 5.74) is 0.439. The molecular formula is C26H20N2O7S. The minimum absolute atomic E-state index is 0.0223. The fourth-order valence-electron chi connectivity index (χ4n) is 3.51. The van der Waals surface area contributed by atoms with E-state index in [0.717, 1.165) is 10.1 Å². The third-order valence-electron chi connectivity index (χ3n) is 5.26. The van der Waals surface area contributed by atoms with Crippen LogP contribution in [0.1, 0.15) is 25.6 Å². The molecular weight excluding hydrogens is 484 g/mol. The maximum absolute atomic E-state index is 13.4. The largest absolute Gasteiger partial charge is 0.493 e. The van der Waals surface area contributed by atoms with E-state index in [9.17, 15) is 19.2 Å². The second-order valence-electron chi connectivity index (χ2n) is 7.52. The predicted molar refractivity (Wildman–Crippen MR) is 135 cm³/mol. The van der Waals surface area contributed by atoms with Gasteiger partial charge in [0, 0.05) is 21.5 Å². The molecule has 0 aliphatic rings. The quantitative estimate of drug-likeness (QED) is 0.251. The average molecular weight is 505 g/mol. The van der Waals surface area contributed by atoms with Crippen LogP contribution in [0, 0.1) is 0 Å². The Morgan fingerprint density at radius 3 is 2.28 bits per heavy atom. The molecule has 1 aromatic heterocycles. The summed E-state index contributed by atoms with van der Waals surface area (Å²) in [6.07, 6.45) is 0. The zero-order valence-corrected chi connectivity index (χ0v) is 20.0. The van der Waals surface area contributed by atoms with Crippen LogP contribution in [0.25, 0.3) is 10.1 Å². The number of thiophene rings is 1. The highest BCUT2D eigenvalue weighted by atomic mass is 32.1. The molecule has 0 saturated carbocycles. The van der Waals surface area contributed by atoms with Gasteiger partial charge in [-0.3, -0.25) is 14.4 Å². The van der Waals surface area contributed by atoms with Crippen LogP contribution in [0.4, 0.5) is 11.4 Å². The number of rotatable bonds is 7. The summed E-state index contributed by atoms with van der Waals surface area (Å²) in [7, 11) is 2.89. The molecule has 10 heteroatoms. The van der Waals surface area contributed by atoms with E-state index in [0.29, 0.717) is 16.4 Å². The van der Waals surface area contributed by atoms with Crippen LogP contribution >= 0.6 is 11.3 Å². The Morgan fingerprint density at radius 1 is 0.833 bits per heavy atom. The van der Waals surface area contributed by atoms with Crippen molar-refractivity contribution in [1.29, 1.82) is 0 Å². The van der Waals surface area contributed by atoms with Gasteiger partial charge in [0.1, 0.15) is 0 Å². The molecule has 0 bridgehead atoms. The average Bonchev–Trinajstić information content (AvgIpc) is 3.33. The number of carbonyl (C=O) groups excluding carboxylic acids is 3. The first-order chi connectivity index (χ1) is 17.3. The Labute approximate surface area is 209 Å². The number of carboxylic acid groups (broad SMARTS) is 1. The van der Waals surface area contributed by atoms with Crippen LogP contribution in [-0.4, -0.2) is 42.9 Å². The summed E-state index contributed by atoms with van der Waals surface area (Å²) < 4.78 is 11.4. The number of methoxy groups -OCH3 is 2. The zero-order valence-electron chi connectivity index (χ0n) is 19.2. The van der Waals surface area contributed by atoms with Crippen molar-refractivity contribution in [1.82, 2.24) is 0 Å². The number of aliphatic carboxylic acids is 1. The van der Waals surface area contributed by atoms with Crippen molar-refractivity contribution in [3.63, 3.8) is 0 Å². The van der Waals surface area contributed by atoms with Crippen LogP contribution in [0.3, 0.4) is 0 Å². The van der Waals surface area contributed by atoms with Crippen LogP contribution in [0.2, 0.25) is 0 Å². The molecule has 0 fully saturated rings. The molecule has 4 aromatic rings. The van der Waals surface area contributed by atoms with Gasteiger partial charge in [-0.2, -0.15) is 0 Å². The number of nitrogens with one attached hydrogen (secondary N) is 2. The van der Waals surface area contributed by atoms with Gasteiger partial charge in [-0.25, -0.2) is 4.79 Å². The molecule has 0 spiro atoms. The summed E-state index contributed by atoms with van der Waals surface area (Å²) in [4.78, 5) is 49.6. The molecule has 4 rings (SSSR count). The van der Waals surface area contributed by atoms with Crippen molar-refractivity contribution in [2.75, 3.05) is 24.9 Å². The number of carbonyl (C=O) groups is 4. The Hall–Kier alpha value is -4.70. The first-order valence-corrected chi connectivity index (χ1v) is 11.4. The highest BCUT2D eigenvalue weighted by Crippen LogP contribution is 2.31. The number of anilines is 2. The molecule has 36 heavy (non-hydrogen) atoms. The number of amides is 2. The number of hydrogen-bond acceptors (Lipinski definition) is 7. The normalized spacial score (nSPS) is 10.5. The molecule has 3 N–H and O–H groups in total. The van der Waals surface area contributed by atoms with Gasteiger partial charge in [-0.15, -0.1) is 11.3 Å². The van der Waals surface area contributed by atoms with Gasteiger partial charge in [0.2, 0.25) is 0 Å². The van der Waals surface area contributed by atoms with Gasteiger partial charge in [0.25, 0.3) is 5.91 Å². The van der Waals surface area contributed by atoms with Crippen LogP contribution in [0.15, 0.2) is 66.7 Å². The van der Waals surface area contributed by atoms with Gasteiger partial charge < -0.3 is 25.2 Å². The highest BCUT2D eigenvalue weighted by molar-refractivity contribution is 7.20. The van der Waals surface area contributed by atoms with Gasteiger partial charge in [0.15, 0.2) is 17.3 Å². The Kier molecular flexibility index (Phi) is 6.98. The van der Waals surface area contributed by atoms with Crippen molar-refractivity contribution in [3.05, 3.63) is 82.7 Å². The number of benzene rings is 3. The summed E-state index contributed by atoms with van der Waals surface area (Å²) in [6.45, 7) is 0. The lowest BCUT2D eigenvalue weighted by molar-refractivity contribution is -0.147. The molecule has 2 amide bonds. The van der Waals surface area contributed by atoms with Crippen LogP contribution in [-0.2, 0) is 9.59 Å². The summed E-state index contributed by atoms with van der Waals surface area (Å²) in [6, 6.07) is 18.1. The van der Waals surface area contributed by atoms with E-state index >= 15 is 0 Å². The van der Waals surface area contributed by atoms with Gasteiger partial charge >= 0.3 is 11.9 Å². The van der Waals surface area contributed by atoms with E-state index < -0.39 is 17.7 Å². The maximum atomic E-state index is 13.4. The SMILES string of the molecule is COc1ccc(C(=O)c2cc(NC(=O)c3cc4ccccc4s3)ccc2NC(=O)C(=O)O)cc1OC. The standard InChI is InChI=1S/C26H20N2O7S/c1-34-19-10-7-15(11-20(19)35-2)23(29)17-13-16(8-9-18(17)28-25(31)26(32)33)27-24(30)22-12-14-5-3-4-6-21(14)36-22/h3-13H,1-2H3,(H,27,30)(H,28,31)(H,32,33). The number of fused-ring (bicyclic) bond motifs is 1. The lowest BCUT2D eigenvalue weighted by Gasteiger charge is -2.13. The monoisotopic (exact) mass is 504 g/mol. The number of ether oxygens (including phenoxy) is 2. The van der Waals surface area contributed by atoms with Gasteiger partial charge in [-0.1, -0.05) is 18.2 Å². The molecule has 3 aromatic carbocycles. The van der Waals surface area contributed by atoms with E-state index in [1.54, 1.807) is 12.1 Å². The zero-order chi connectivity index (χ0) is 25.8. The van der Waals surface area contributed by atoms with Crippen molar-refractivity contribution in [3.8, 4) is 11.5 Å². The molecule has 0 aliphatic heterocycles. The molecule has 1 heterocycles. The lowest BCUT2D eigenvalue weighted by Crippen LogP contribution is -2.23. The molecule has 182 valence electrons. The Morgan fingerprint density at radius 2 is 1.58 bits per heavy atom. The lowest BCUT2D eigenvalue weighted by atomic mass is 10.00. The van der Waals surface area contributed by atoms with E-state index in [4.69, 9.17) is 14.6 Å². The van der Waals surface area contributed by atoms with E-state index in [1.165, 1.54) is 55.9 Å². The van der Waals surface area contributed by atoms with E-state index in [1.807, 2.05) is 24.3 Å². The topological polar surface area (TPSA) is 131 Å². The van der Waals surface area contributed by atoms with Crippen molar-refractivity contribution >= 4 is 56.4 Å². The number of hydrogen-bond donors (Lipinski definition) is 3. The Bertz CT molecular complexity index is 1480. The van der Waals surface area contributed by atoms with E-state index in [2.05, 4.69) is 10.6 Å². The maximum Gasteiger partial charge on any atom is 0.394 e. The van der Waals surface area contributed by atoms with E-state index in [-0.39, 0.29) is 28.4 Å². The summed E-state index contributed by atoms with van der Waals surface area (Å²) in [5.74, 6) is -3.19. The van der Waals surface area contributed by atoms with Crippen LogP contribution < -0.4 is 20.1 Å². The fraction of sp³-hybridized carbons (Fsp3) is 0.0769. The molecule has 0 radical (unpaired) electrons. The minimum atomic E-state index is -1.71. The third-order valence-corrected chi connectivity index (χ3v) is 6.37. The second-order valence-corrected chi connectivity index (χ2v) is 8.60. The van der Waals surface area contributed by atoms with Crippen molar-refractivity contribution in [2.45, 2.75) is 0 Å².